The van der Waals surface area contributed by atoms with Crippen LogP contribution in [0.4, 0.5) is 0 Å². The number of aldehydes is 1. The molecule has 4 nitrogen and oxygen atoms in total. The maximum absolute atomic E-state index is 10.7. The minimum Gasteiger partial charge on any atom is -0.507 e. The second-order valence-electron chi connectivity index (χ2n) is 3.53. The highest BCUT2D eigenvalue weighted by Gasteiger charge is 2.14. The molecule has 1 atom stereocenters. The van der Waals surface area contributed by atoms with Gasteiger partial charge < -0.3 is 15.9 Å². The third-order valence-corrected chi connectivity index (χ3v) is 2.28. The summed E-state index contributed by atoms with van der Waals surface area (Å²) in [5.41, 5.74) is 7.36. The Balaban J connectivity index is 3.16. The number of phenols is 1. The van der Waals surface area contributed by atoms with Gasteiger partial charge in [0.2, 0.25) is 0 Å². The Morgan fingerprint density at radius 1 is 1.53 bits per heavy atom. The molecule has 0 heterocycles. The average molecular weight is 209 g/mol. The molecule has 0 radical (unpaired) electrons. The van der Waals surface area contributed by atoms with Gasteiger partial charge >= 0.3 is 0 Å². The van der Waals surface area contributed by atoms with Gasteiger partial charge in [-0.05, 0) is 25.0 Å². The highest BCUT2D eigenvalue weighted by atomic mass is 16.3. The van der Waals surface area contributed by atoms with Gasteiger partial charge in [-0.2, -0.15) is 0 Å². The number of aliphatic hydroxyl groups is 1. The molecule has 1 unspecified atom stereocenters. The SMILES string of the molecule is Cc1cc(C=O)c(O)c(C(N)CCO)c1. The van der Waals surface area contributed by atoms with E-state index in [4.69, 9.17) is 10.8 Å². The van der Waals surface area contributed by atoms with Crippen molar-refractivity contribution in [3.8, 4) is 5.75 Å². The van der Waals surface area contributed by atoms with Gasteiger partial charge in [0, 0.05) is 18.2 Å². The first-order chi connectivity index (χ1) is 7.10. The lowest BCUT2D eigenvalue weighted by Crippen LogP contribution is -2.13. The van der Waals surface area contributed by atoms with Gasteiger partial charge in [-0.3, -0.25) is 4.79 Å². The minimum absolute atomic E-state index is 0.0506. The number of rotatable bonds is 4. The van der Waals surface area contributed by atoms with E-state index in [1.807, 2.05) is 6.92 Å². The van der Waals surface area contributed by atoms with Crippen molar-refractivity contribution in [2.45, 2.75) is 19.4 Å². The molecule has 0 spiro atoms. The summed E-state index contributed by atoms with van der Waals surface area (Å²) in [4.78, 5) is 10.7. The lowest BCUT2D eigenvalue weighted by atomic mass is 9.98. The average Bonchev–Trinajstić information content (AvgIpc) is 2.21. The van der Waals surface area contributed by atoms with Crippen molar-refractivity contribution in [3.63, 3.8) is 0 Å². The Kier molecular flexibility index (Phi) is 3.82. The zero-order valence-electron chi connectivity index (χ0n) is 8.60. The number of aromatic hydroxyl groups is 1. The lowest BCUT2D eigenvalue weighted by Gasteiger charge is -2.14. The molecule has 0 saturated carbocycles. The number of carbonyl (C=O) groups excluding carboxylic acids is 1. The second kappa shape index (κ2) is 4.91. The predicted octanol–water partition coefficient (Wildman–Crippen LogP) is 0.895. The second-order valence-corrected chi connectivity index (χ2v) is 3.53. The van der Waals surface area contributed by atoms with Crippen LogP contribution in [-0.4, -0.2) is 23.1 Å². The Labute approximate surface area is 88.3 Å². The van der Waals surface area contributed by atoms with Crippen molar-refractivity contribution >= 4 is 6.29 Å². The molecule has 82 valence electrons. The molecular weight excluding hydrogens is 194 g/mol. The highest BCUT2D eigenvalue weighted by molar-refractivity contribution is 5.80. The van der Waals surface area contributed by atoms with Crippen LogP contribution in [0.1, 0.15) is 33.9 Å². The summed E-state index contributed by atoms with van der Waals surface area (Å²) in [6, 6.07) is 2.87. The zero-order chi connectivity index (χ0) is 11.4. The van der Waals surface area contributed by atoms with Gasteiger partial charge in [-0.25, -0.2) is 0 Å². The van der Waals surface area contributed by atoms with Crippen molar-refractivity contribution in [2.24, 2.45) is 5.73 Å². The molecule has 0 aliphatic carbocycles. The van der Waals surface area contributed by atoms with Gasteiger partial charge in [0.1, 0.15) is 5.75 Å². The molecule has 4 heteroatoms. The maximum Gasteiger partial charge on any atom is 0.153 e. The zero-order valence-corrected chi connectivity index (χ0v) is 8.60. The first-order valence-corrected chi connectivity index (χ1v) is 4.75. The van der Waals surface area contributed by atoms with Crippen LogP contribution >= 0.6 is 0 Å². The fourth-order valence-corrected chi connectivity index (χ4v) is 1.50. The number of aliphatic hydroxyl groups excluding tert-OH is 1. The number of hydrogen-bond donors (Lipinski definition) is 3. The smallest absolute Gasteiger partial charge is 0.153 e. The molecule has 1 aromatic carbocycles. The highest BCUT2D eigenvalue weighted by Crippen LogP contribution is 2.28. The molecular formula is C11H15NO3. The fourth-order valence-electron chi connectivity index (χ4n) is 1.50. The van der Waals surface area contributed by atoms with Gasteiger partial charge in [0.25, 0.3) is 0 Å². The Morgan fingerprint density at radius 3 is 2.73 bits per heavy atom. The topological polar surface area (TPSA) is 83.5 Å². The van der Waals surface area contributed by atoms with Crippen LogP contribution in [0.25, 0.3) is 0 Å². The van der Waals surface area contributed by atoms with Crippen molar-refractivity contribution in [1.82, 2.24) is 0 Å². The number of benzene rings is 1. The molecule has 0 bridgehead atoms. The van der Waals surface area contributed by atoms with Crippen LogP contribution in [0.3, 0.4) is 0 Å². The van der Waals surface area contributed by atoms with E-state index in [0.29, 0.717) is 18.3 Å². The van der Waals surface area contributed by atoms with Crippen LogP contribution < -0.4 is 5.73 Å². The van der Waals surface area contributed by atoms with E-state index in [1.165, 1.54) is 0 Å². The van der Waals surface area contributed by atoms with Crippen LogP contribution in [0, 0.1) is 6.92 Å². The van der Waals surface area contributed by atoms with Crippen molar-refractivity contribution in [2.75, 3.05) is 6.61 Å². The molecule has 15 heavy (non-hydrogen) atoms. The molecule has 0 fully saturated rings. The van der Waals surface area contributed by atoms with E-state index < -0.39 is 6.04 Å². The summed E-state index contributed by atoms with van der Waals surface area (Å²) in [7, 11) is 0. The Bertz CT molecular complexity index is 363. The maximum atomic E-state index is 10.7. The van der Waals surface area contributed by atoms with Gasteiger partial charge in [-0.15, -0.1) is 0 Å². The monoisotopic (exact) mass is 209 g/mol. The van der Waals surface area contributed by atoms with E-state index in [2.05, 4.69) is 0 Å². The van der Waals surface area contributed by atoms with Crippen molar-refractivity contribution < 1.29 is 15.0 Å². The number of aryl methyl sites for hydroxylation is 1. The molecule has 1 aromatic rings. The van der Waals surface area contributed by atoms with Crippen LogP contribution in [0.15, 0.2) is 12.1 Å². The first-order valence-electron chi connectivity index (χ1n) is 4.75. The Hall–Kier alpha value is -1.39. The third-order valence-electron chi connectivity index (χ3n) is 2.28. The number of nitrogens with two attached hydrogens (primary N) is 1. The lowest BCUT2D eigenvalue weighted by molar-refractivity contribution is 0.112. The quantitative estimate of drug-likeness (QED) is 0.643. The summed E-state index contributed by atoms with van der Waals surface area (Å²) in [6.07, 6.45) is 0.951. The van der Waals surface area contributed by atoms with Gasteiger partial charge in [-0.1, -0.05) is 6.07 Å². The molecule has 0 aromatic heterocycles. The largest absolute Gasteiger partial charge is 0.507 e. The molecule has 0 aliphatic heterocycles. The number of carbonyl (C=O) groups is 1. The normalized spacial score (nSPS) is 12.5. The van der Waals surface area contributed by atoms with E-state index >= 15 is 0 Å². The summed E-state index contributed by atoms with van der Waals surface area (Å²) >= 11 is 0. The summed E-state index contributed by atoms with van der Waals surface area (Å²) in [5, 5.41) is 18.5. The number of phenolic OH excluding ortho intramolecular Hbond substituents is 1. The van der Waals surface area contributed by atoms with E-state index in [-0.39, 0.29) is 17.9 Å². The van der Waals surface area contributed by atoms with E-state index in [0.717, 1.165) is 5.56 Å². The number of hydrogen-bond acceptors (Lipinski definition) is 4. The molecule has 0 saturated heterocycles. The van der Waals surface area contributed by atoms with Gasteiger partial charge in [0.05, 0.1) is 5.56 Å². The third kappa shape index (κ3) is 2.55. The molecule has 4 N–H and O–H groups in total. The summed E-state index contributed by atoms with van der Waals surface area (Å²) < 4.78 is 0. The van der Waals surface area contributed by atoms with Crippen LogP contribution in [0.2, 0.25) is 0 Å². The molecule has 1 rings (SSSR count). The molecule has 0 aliphatic rings. The van der Waals surface area contributed by atoms with E-state index in [1.54, 1.807) is 12.1 Å². The molecule has 0 amide bonds. The van der Waals surface area contributed by atoms with Crippen LogP contribution in [-0.2, 0) is 0 Å². The first kappa shape index (κ1) is 11.7. The van der Waals surface area contributed by atoms with Gasteiger partial charge in [0.15, 0.2) is 6.29 Å². The van der Waals surface area contributed by atoms with Crippen molar-refractivity contribution in [1.29, 1.82) is 0 Å². The fraction of sp³-hybridized carbons (Fsp3) is 0.364. The van der Waals surface area contributed by atoms with Crippen molar-refractivity contribution in [3.05, 3.63) is 28.8 Å². The predicted molar refractivity (Wildman–Crippen MR) is 56.9 cm³/mol. The standard InChI is InChI=1S/C11H15NO3/c1-7-4-8(6-14)11(15)9(5-7)10(12)2-3-13/h4-6,10,13,15H,2-3,12H2,1H3. The van der Waals surface area contributed by atoms with E-state index in [9.17, 15) is 9.90 Å². The summed E-state index contributed by atoms with van der Waals surface area (Å²) in [5.74, 6) is -0.0865. The van der Waals surface area contributed by atoms with Crippen LogP contribution in [0.5, 0.6) is 5.75 Å². The Morgan fingerprint density at radius 2 is 2.20 bits per heavy atom. The minimum atomic E-state index is -0.450. The summed E-state index contributed by atoms with van der Waals surface area (Å²) in [6.45, 7) is 1.77.